The maximum atomic E-state index is 13.4. The first-order chi connectivity index (χ1) is 9.95. The summed E-state index contributed by atoms with van der Waals surface area (Å²) in [6, 6.07) is 4.28. The summed E-state index contributed by atoms with van der Waals surface area (Å²) in [6.45, 7) is 1.52. The quantitative estimate of drug-likeness (QED) is 0.869. The van der Waals surface area contributed by atoms with Gasteiger partial charge in [-0.2, -0.15) is 0 Å². The predicted octanol–water partition coefficient (Wildman–Crippen LogP) is 1.88. The zero-order chi connectivity index (χ0) is 15.4. The van der Waals surface area contributed by atoms with Crippen LogP contribution in [-0.2, 0) is 9.59 Å². The number of rotatable bonds is 5. The van der Waals surface area contributed by atoms with E-state index >= 15 is 0 Å². The highest BCUT2D eigenvalue weighted by Gasteiger charge is 2.30. The first-order valence-electron chi connectivity index (χ1n) is 6.87. The first kappa shape index (κ1) is 15.3. The number of carbonyl (C=O) groups is 2. The van der Waals surface area contributed by atoms with Gasteiger partial charge in [-0.25, -0.2) is 4.39 Å². The molecule has 21 heavy (non-hydrogen) atoms. The van der Waals surface area contributed by atoms with Gasteiger partial charge in [0.25, 0.3) is 5.91 Å². The van der Waals surface area contributed by atoms with Crippen molar-refractivity contribution in [1.82, 2.24) is 5.32 Å². The summed E-state index contributed by atoms with van der Waals surface area (Å²) in [5.74, 6) is -2.07. The van der Waals surface area contributed by atoms with Crippen molar-refractivity contribution in [3.8, 4) is 5.75 Å². The van der Waals surface area contributed by atoms with Crippen molar-refractivity contribution in [3.63, 3.8) is 0 Å². The molecule has 0 spiro atoms. The highest BCUT2D eigenvalue weighted by Crippen LogP contribution is 2.25. The minimum absolute atomic E-state index is 0.0417. The fraction of sp³-hybridized carbons (Fsp3) is 0.467. The second-order valence-electron chi connectivity index (χ2n) is 5.34. The summed E-state index contributed by atoms with van der Waals surface area (Å²) in [6.07, 6.45) is 1.63. The summed E-state index contributed by atoms with van der Waals surface area (Å²) in [5, 5.41) is 11.6. The second kappa shape index (κ2) is 6.56. The monoisotopic (exact) mass is 295 g/mol. The van der Waals surface area contributed by atoms with Gasteiger partial charge in [-0.05, 0) is 43.9 Å². The van der Waals surface area contributed by atoms with E-state index < -0.39 is 17.7 Å². The van der Waals surface area contributed by atoms with Gasteiger partial charge in [-0.3, -0.25) is 9.59 Å². The SMILES string of the molecule is Cc1ccc(F)c(OCC(=O)N[C@@H]2CC[C@H](C(=O)O)C2)c1. The van der Waals surface area contributed by atoms with Crippen molar-refractivity contribution < 1.29 is 23.8 Å². The van der Waals surface area contributed by atoms with E-state index in [0.717, 1.165) is 5.56 Å². The van der Waals surface area contributed by atoms with Crippen LogP contribution in [0.2, 0.25) is 0 Å². The van der Waals surface area contributed by atoms with Gasteiger partial charge in [0.2, 0.25) is 0 Å². The predicted molar refractivity (Wildman–Crippen MR) is 73.5 cm³/mol. The number of ether oxygens (including phenoxy) is 1. The van der Waals surface area contributed by atoms with E-state index in [0.29, 0.717) is 19.3 Å². The Kier molecular flexibility index (Phi) is 4.77. The second-order valence-corrected chi connectivity index (χ2v) is 5.34. The standard InChI is InChI=1S/C15H18FNO4/c1-9-2-5-12(16)13(6-9)21-8-14(18)17-11-4-3-10(7-11)15(19)20/h2,5-6,10-11H,3-4,7-8H2,1H3,(H,17,18)(H,19,20)/t10-,11+/m0/s1. The molecule has 1 aliphatic rings. The van der Waals surface area contributed by atoms with Crippen LogP contribution >= 0.6 is 0 Å². The Balaban J connectivity index is 1.80. The molecule has 0 aromatic heterocycles. The summed E-state index contributed by atoms with van der Waals surface area (Å²) in [5.41, 5.74) is 0.840. The Bertz CT molecular complexity index is 546. The minimum atomic E-state index is -0.829. The summed E-state index contributed by atoms with van der Waals surface area (Å²) in [4.78, 5) is 22.6. The number of hydrogen-bond donors (Lipinski definition) is 2. The number of aryl methyl sites for hydroxylation is 1. The Morgan fingerprint density at radius 2 is 2.19 bits per heavy atom. The number of halogens is 1. The van der Waals surface area contributed by atoms with Crippen molar-refractivity contribution in [2.45, 2.75) is 32.2 Å². The molecule has 1 aromatic carbocycles. The van der Waals surface area contributed by atoms with E-state index in [2.05, 4.69) is 5.32 Å². The van der Waals surface area contributed by atoms with Crippen LogP contribution in [0, 0.1) is 18.7 Å². The average molecular weight is 295 g/mol. The van der Waals surface area contributed by atoms with Crippen LogP contribution < -0.4 is 10.1 Å². The van der Waals surface area contributed by atoms with Crippen LogP contribution in [0.25, 0.3) is 0 Å². The van der Waals surface area contributed by atoms with Crippen molar-refractivity contribution in [3.05, 3.63) is 29.6 Å². The lowest BCUT2D eigenvalue weighted by Crippen LogP contribution is -2.36. The van der Waals surface area contributed by atoms with Crippen LogP contribution in [0.5, 0.6) is 5.75 Å². The van der Waals surface area contributed by atoms with Crippen LogP contribution in [0.4, 0.5) is 4.39 Å². The fourth-order valence-corrected chi connectivity index (χ4v) is 2.47. The highest BCUT2D eigenvalue weighted by molar-refractivity contribution is 5.78. The van der Waals surface area contributed by atoms with Crippen molar-refractivity contribution in [2.24, 2.45) is 5.92 Å². The molecule has 2 atom stereocenters. The highest BCUT2D eigenvalue weighted by atomic mass is 19.1. The van der Waals surface area contributed by atoms with Gasteiger partial charge >= 0.3 is 5.97 Å². The zero-order valence-electron chi connectivity index (χ0n) is 11.8. The molecule has 0 aliphatic heterocycles. The molecule has 2 rings (SSSR count). The van der Waals surface area contributed by atoms with Crippen LogP contribution in [0.15, 0.2) is 18.2 Å². The third kappa shape index (κ3) is 4.18. The van der Waals surface area contributed by atoms with Crippen LogP contribution in [0.1, 0.15) is 24.8 Å². The number of hydrogen-bond acceptors (Lipinski definition) is 3. The lowest BCUT2D eigenvalue weighted by Gasteiger charge is -2.13. The van der Waals surface area contributed by atoms with Gasteiger partial charge in [0.15, 0.2) is 18.2 Å². The lowest BCUT2D eigenvalue weighted by atomic mass is 10.1. The number of amides is 1. The molecule has 0 saturated heterocycles. The molecule has 1 aliphatic carbocycles. The maximum Gasteiger partial charge on any atom is 0.306 e. The van der Waals surface area contributed by atoms with Gasteiger partial charge in [-0.1, -0.05) is 6.07 Å². The summed E-state index contributed by atoms with van der Waals surface area (Å²) >= 11 is 0. The Morgan fingerprint density at radius 1 is 1.43 bits per heavy atom. The van der Waals surface area contributed by atoms with Crippen molar-refractivity contribution >= 4 is 11.9 Å². The van der Waals surface area contributed by atoms with Gasteiger partial charge in [0, 0.05) is 6.04 Å². The molecule has 1 fully saturated rings. The number of aliphatic carboxylic acids is 1. The van der Waals surface area contributed by atoms with Gasteiger partial charge in [0.1, 0.15) is 0 Å². The molecule has 0 radical (unpaired) electrons. The molecular weight excluding hydrogens is 277 g/mol. The van der Waals surface area contributed by atoms with E-state index in [9.17, 15) is 14.0 Å². The summed E-state index contributed by atoms with van der Waals surface area (Å²) in [7, 11) is 0. The van der Waals surface area contributed by atoms with Crippen LogP contribution in [0.3, 0.4) is 0 Å². The zero-order valence-corrected chi connectivity index (χ0v) is 11.8. The molecular formula is C15H18FNO4. The third-order valence-electron chi connectivity index (χ3n) is 3.59. The van der Waals surface area contributed by atoms with E-state index in [1.165, 1.54) is 12.1 Å². The molecule has 6 heteroatoms. The molecule has 1 amide bonds. The maximum absolute atomic E-state index is 13.4. The van der Waals surface area contributed by atoms with Crippen LogP contribution in [-0.4, -0.2) is 29.6 Å². The van der Waals surface area contributed by atoms with Gasteiger partial charge in [-0.15, -0.1) is 0 Å². The van der Waals surface area contributed by atoms with Gasteiger partial charge < -0.3 is 15.2 Å². The molecule has 0 heterocycles. The van der Waals surface area contributed by atoms with Crippen molar-refractivity contribution in [2.75, 3.05) is 6.61 Å². The smallest absolute Gasteiger partial charge is 0.306 e. The Morgan fingerprint density at radius 3 is 2.86 bits per heavy atom. The molecule has 5 nitrogen and oxygen atoms in total. The third-order valence-corrected chi connectivity index (χ3v) is 3.59. The summed E-state index contributed by atoms with van der Waals surface area (Å²) < 4.78 is 18.6. The molecule has 0 bridgehead atoms. The van der Waals surface area contributed by atoms with E-state index in [-0.39, 0.29) is 24.3 Å². The molecule has 1 aromatic rings. The Hall–Kier alpha value is -2.11. The minimum Gasteiger partial charge on any atom is -0.481 e. The lowest BCUT2D eigenvalue weighted by molar-refractivity contribution is -0.141. The average Bonchev–Trinajstić information content (AvgIpc) is 2.88. The largest absolute Gasteiger partial charge is 0.481 e. The van der Waals surface area contributed by atoms with E-state index in [1.807, 2.05) is 0 Å². The van der Waals surface area contributed by atoms with Gasteiger partial charge in [0.05, 0.1) is 5.92 Å². The number of carboxylic acid groups (broad SMARTS) is 1. The van der Waals surface area contributed by atoms with Crippen molar-refractivity contribution in [1.29, 1.82) is 0 Å². The normalized spacial score (nSPS) is 21.0. The number of benzene rings is 1. The number of nitrogens with one attached hydrogen (secondary N) is 1. The number of carbonyl (C=O) groups excluding carboxylic acids is 1. The molecule has 2 N–H and O–H groups in total. The molecule has 0 unspecified atom stereocenters. The topological polar surface area (TPSA) is 75.6 Å². The first-order valence-corrected chi connectivity index (χ1v) is 6.87. The Labute approximate surface area is 122 Å². The molecule has 114 valence electrons. The van der Waals surface area contributed by atoms with E-state index in [1.54, 1.807) is 13.0 Å². The fourth-order valence-electron chi connectivity index (χ4n) is 2.47. The number of carboxylic acids is 1. The molecule has 1 saturated carbocycles. The van der Waals surface area contributed by atoms with E-state index in [4.69, 9.17) is 9.84 Å².